The zero-order valence-corrected chi connectivity index (χ0v) is 11.4. The average molecular weight is 256 g/mol. The van der Waals surface area contributed by atoms with Crippen molar-refractivity contribution in [3.8, 4) is 0 Å². The van der Waals surface area contributed by atoms with E-state index in [2.05, 4.69) is 0 Å². The zero-order valence-electron chi connectivity index (χ0n) is 10.6. The highest BCUT2D eigenvalue weighted by molar-refractivity contribution is 8.00. The van der Waals surface area contributed by atoms with Gasteiger partial charge in [0.2, 0.25) is 0 Å². The van der Waals surface area contributed by atoms with Crippen LogP contribution in [0.2, 0.25) is 0 Å². The van der Waals surface area contributed by atoms with Crippen LogP contribution in [-0.2, 0) is 9.84 Å². The Morgan fingerprint density at radius 1 is 0.588 bits per heavy atom. The van der Waals surface area contributed by atoms with Crippen molar-refractivity contribution in [2.75, 3.05) is 0 Å². The van der Waals surface area contributed by atoms with Crippen molar-refractivity contribution < 1.29 is 8.42 Å². The minimum absolute atomic E-state index is 0.0749. The Labute approximate surface area is 105 Å². The lowest BCUT2D eigenvalue weighted by atomic mass is 9.80. The number of hydrogen-bond donors (Lipinski definition) is 0. The Kier molecular flexibility index (Phi) is 3.22. The summed E-state index contributed by atoms with van der Waals surface area (Å²) in [5.41, 5.74) is 0. The molecule has 1 aliphatic heterocycles. The first kappa shape index (κ1) is 12.0. The summed E-state index contributed by atoms with van der Waals surface area (Å²) in [7, 11) is -2.70. The third kappa shape index (κ3) is 2.16. The van der Waals surface area contributed by atoms with Crippen LogP contribution in [0.4, 0.5) is 0 Å². The minimum Gasteiger partial charge on any atom is -0.228 e. The summed E-state index contributed by atoms with van der Waals surface area (Å²) < 4.78 is 24.4. The highest BCUT2D eigenvalue weighted by atomic mass is 32.2. The molecule has 0 N–H and O–H groups in total. The molecule has 17 heavy (non-hydrogen) atoms. The zero-order chi connectivity index (χ0) is 11.9. The van der Waals surface area contributed by atoms with Crippen molar-refractivity contribution in [3.05, 3.63) is 0 Å². The lowest BCUT2D eigenvalue weighted by Gasteiger charge is -2.23. The fourth-order valence-electron chi connectivity index (χ4n) is 4.31. The molecule has 3 aliphatic rings. The van der Waals surface area contributed by atoms with Gasteiger partial charge < -0.3 is 0 Å². The molecule has 0 amide bonds. The molecule has 2 atom stereocenters. The number of sulfone groups is 1. The lowest BCUT2D eigenvalue weighted by Crippen LogP contribution is -2.20. The van der Waals surface area contributed by atoms with Crippen LogP contribution in [0, 0.1) is 11.8 Å². The summed E-state index contributed by atoms with van der Waals surface area (Å²) in [5.74, 6) is 1.03. The summed E-state index contributed by atoms with van der Waals surface area (Å²) in [6.07, 6.45) is 12.4. The van der Waals surface area contributed by atoms with E-state index < -0.39 is 9.84 Å². The Hall–Kier alpha value is -0.0500. The first-order chi connectivity index (χ1) is 8.21. The maximum absolute atomic E-state index is 12.2. The predicted octanol–water partition coefficient (Wildman–Crippen LogP) is 3.31. The molecule has 0 radical (unpaired) electrons. The maximum atomic E-state index is 12.2. The van der Waals surface area contributed by atoms with E-state index in [4.69, 9.17) is 0 Å². The van der Waals surface area contributed by atoms with E-state index in [1.54, 1.807) is 0 Å². The second-order valence-corrected chi connectivity index (χ2v) is 8.58. The van der Waals surface area contributed by atoms with Crippen molar-refractivity contribution in [2.24, 2.45) is 11.8 Å². The maximum Gasteiger partial charge on any atom is 0.159 e. The molecule has 2 unspecified atom stereocenters. The summed E-state index contributed by atoms with van der Waals surface area (Å²) in [6.45, 7) is 0. The van der Waals surface area contributed by atoms with Crippen molar-refractivity contribution >= 4 is 9.84 Å². The van der Waals surface area contributed by atoms with Gasteiger partial charge in [-0.15, -0.1) is 0 Å². The van der Waals surface area contributed by atoms with E-state index in [-0.39, 0.29) is 10.5 Å². The third-order valence-corrected chi connectivity index (χ3v) is 7.79. The molecule has 2 aliphatic carbocycles. The van der Waals surface area contributed by atoms with Gasteiger partial charge in [0.25, 0.3) is 0 Å². The summed E-state index contributed by atoms with van der Waals surface area (Å²) in [5, 5.41) is 0.150. The smallest absolute Gasteiger partial charge is 0.159 e. The quantitative estimate of drug-likeness (QED) is 0.710. The summed E-state index contributed by atoms with van der Waals surface area (Å²) in [6, 6.07) is 0. The van der Waals surface area contributed by atoms with Crippen LogP contribution in [0.25, 0.3) is 0 Å². The predicted molar refractivity (Wildman–Crippen MR) is 69.6 cm³/mol. The summed E-state index contributed by atoms with van der Waals surface area (Å²) in [4.78, 5) is 0. The Balaban J connectivity index is 1.69. The van der Waals surface area contributed by atoms with Gasteiger partial charge in [-0.05, 0) is 37.5 Å². The molecule has 1 saturated heterocycles. The lowest BCUT2D eigenvalue weighted by molar-refractivity contribution is 0.312. The Bertz CT molecular complexity index is 332. The molecule has 3 rings (SSSR count). The van der Waals surface area contributed by atoms with Crippen LogP contribution in [0.5, 0.6) is 0 Å². The van der Waals surface area contributed by atoms with Crippen molar-refractivity contribution in [2.45, 2.75) is 74.7 Å². The van der Waals surface area contributed by atoms with Crippen LogP contribution >= 0.6 is 0 Å². The van der Waals surface area contributed by atoms with Crippen molar-refractivity contribution in [1.29, 1.82) is 0 Å². The molecule has 3 fully saturated rings. The second kappa shape index (κ2) is 4.56. The van der Waals surface area contributed by atoms with Gasteiger partial charge in [-0.1, -0.05) is 38.5 Å². The molecule has 0 bridgehead atoms. The van der Waals surface area contributed by atoms with Crippen LogP contribution in [0.1, 0.15) is 64.2 Å². The number of rotatable bonds is 2. The monoisotopic (exact) mass is 256 g/mol. The van der Waals surface area contributed by atoms with Gasteiger partial charge in [0, 0.05) is 0 Å². The molecule has 3 heteroatoms. The Morgan fingerprint density at radius 3 is 1.29 bits per heavy atom. The van der Waals surface area contributed by atoms with Gasteiger partial charge in [0.05, 0.1) is 10.5 Å². The van der Waals surface area contributed by atoms with Gasteiger partial charge in [-0.25, -0.2) is 8.42 Å². The van der Waals surface area contributed by atoms with Crippen LogP contribution in [0.3, 0.4) is 0 Å². The molecule has 2 saturated carbocycles. The third-order valence-electron chi connectivity index (χ3n) is 5.23. The molecule has 0 aromatic rings. The molecule has 0 spiro atoms. The van der Waals surface area contributed by atoms with E-state index in [9.17, 15) is 8.42 Å². The van der Waals surface area contributed by atoms with Crippen LogP contribution < -0.4 is 0 Å². The fraction of sp³-hybridized carbons (Fsp3) is 1.00. The second-order valence-electron chi connectivity index (χ2n) is 6.31. The van der Waals surface area contributed by atoms with Gasteiger partial charge >= 0.3 is 0 Å². The molecule has 2 nitrogen and oxygen atoms in total. The van der Waals surface area contributed by atoms with Gasteiger partial charge in [-0.3, -0.25) is 0 Å². The molecule has 0 aromatic carbocycles. The standard InChI is InChI=1S/C14H24O2S/c15-17(16)13(11-7-3-1-4-8-11)14(17)12-9-5-2-6-10-12/h11-14H,1-10H2. The molecule has 98 valence electrons. The molecular weight excluding hydrogens is 232 g/mol. The highest BCUT2D eigenvalue weighted by Gasteiger charge is 2.62. The number of hydrogen-bond acceptors (Lipinski definition) is 2. The first-order valence-electron chi connectivity index (χ1n) is 7.44. The average Bonchev–Trinajstić information content (AvgIpc) is 2.94. The largest absolute Gasteiger partial charge is 0.228 e. The van der Waals surface area contributed by atoms with E-state index in [0.29, 0.717) is 11.8 Å². The molecule has 0 aromatic heterocycles. The van der Waals surface area contributed by atoms with E-state index >= 15 is 0 Å². The van der Waals surface area contributed by atoms with Gasteiger partial charge in [-0.2, -0.15) is 0 Å². The fourth-order valence-corrected chi connectivity index (χ4v) is 7.26. The van der Waals surface area contributed by atoms with Gasteiger partial charge in [0.15, 0.2) is 9.84 Å². The summed E-state index contributed by atoms with van der Waals surface area (Å²) >= 11 is 0. The van der Waals surface area contributed by atoms with E-state index in [0.717, 1.165) is 0 Å². The first-order valence-corrected chi connectivity index (χ1v) is 9.05. The topological polar surface area (TPSA) is 34.1 Å². The van der Waals surface area contributed by atoms with E-state index in [1.807, 2.05) is 0 Å². The van der Waals surface area contributed by atoms with Gasteiger partial charge in [0.1, 0.15) is 0 Å². The minimum atomic E-state index is -2.70. The highest BCUT2D eigenvalue weighted by Crippen LogP contribution is 2.50. The Morgan fingerprint density at radius 2 is 0.941 bits per heavy atom. The van der Waals surface area contributed by atoms with Crippen molar-refractivity contribution in [3.63, 3.8) is 0 Å². The normalized spacial score (nSPS) is 39.1. The van der Waals surface area contributed by atoms with Crippen LogP contribution in [-0.4, -0.2) is 18.9 Å². The molecular formula is C14H24O2S. The van der Waals surface area contributed by atoms with Crippen LogP contribution in [0.15, 0.2) is 0 Å². The van der Waals surface area contributed by atoms with Crippen molar-refractivity contribution in [1.82, 2.24) is 0 Å². The SMILES string of the molecule is O=S1(=O)C(C2CCCCC2)C1C1CCCCC1. The molecule has 1 heterocycles. The van der Waals surface area contributed by atoms with E-state index in [1.165, 1.54) is 64.2 Å².